The van der Waals surface area contributed by atoms with Crippen molar-refractivity contribution in [2.45, 2.75) is 18.4 Å². The number of aryl methyl sites for hydroxylation is 1. The van der Waals surface area contributed by atoms with E-state index in [9.17, 15) is 0 Å². The fourth-order valence-corrected chi connectivity index (χ4v) is 1.30. The average Bonchev–Trinajstić information content (AvgIpc) is 2.42. The number of hydrogen-bond acceptors (Lipinski definition) is 2. The minimum Gasteiger partial charge on any atom is -0.327 e. The Kier molecular flexibility index (Phi) is 4.03. The normalized spacial score (nSPS) is 25.5. The Hall–Kier alpha value is -0.250. The highest BCUT2D eigenvalue weighted by Gasteiger charge is 2.36. The first-order valence-corrected chi connectivity index (χ1v) is 3.52. The van der Waals surface area contributed by atoms with E-state index in [2.05, 4.69) is 5.10 Å². The lowest BCUT2D eigenvalue weighted by molar-refractivity contribution is 0.707. The van der Waals surface area contributed by atoms with Crippen LogP contribution in [-0.2, 0) is 7.05 Å². The van der Waals surface area contributed by atoms with Gasteiger partial charge in [0.15, 0.2) is 0 Å². The smallest absolute Gasteiger partial charge is 0.0492 e. The Morgan fingerprint density at radius 2 is 2.17 bits per heavy atom. The molecule has 70 valence electrons. The molecule has 0 amide bonds. The molecule has 1 aliphatic rings. The van der Waals surface area contributed by atoms with E-state index in [-0.39, 0.29) is 24.8 Å². The largest absolute Gasteiger partial charge is 0.327 e. The van der Waals surface area contributed by atoms with Crippen LogP contribution in [0, 0.1) is 0 Å². The quantitative estimate of drug-likeness (QED) is 0.753. The van der Waals surface area contributed by atoms with E-state index in [0.29, 0.717) is 12.0 Å². The molecule has 0 spiro atoms. The third-order valence-electron chi connectivity index (χ3n) is 2.08. The first kappa shape index (κ1) is 11.8. The van der Waals surface area contributed by atoms with E-state index in [1.54, 1.807) is 0 Å². The zero-order chi connectivity index (χ0) is 7.14. The molecule has 1 saturated carbocycles. The molecule has 1 heterocycles. The summed E-state index contributed by atoms with van der Waals surface area (Å²) in [6, 6.07) is 2.42. The van der Waals surface area contributed by atoms with Crippen molar-refractivity contribution in [1.29, 1.82) is 0 Å². The van der Waals surface area contributed by atoms with E-state index in [1.807, 2.05) is 24.0 Å². The summed E-state index contributed by atoms with van der Waals surface area (Å²) < 4.78 is 1.90. The summed E-state index contributed by atoms with van der Waals surface area (Å²) in [5.74, 6) is 0.576. The van der Waals surface area contributed by atoms with Gasteiger partial charge in [0.25, 0.3) is 0 Å². The van der Waals surface area contributed by atoms with Gasteiger partial charge in [-0.05, 0) is 12.5 Å². The Morgan fingerprint density at radius 1 is 1.58 bits per heavy atom. The summed E-state index contributed by atoms with van der Waals surface area (Å²) in [5, 5.41) is 4.07. The first-order valence-electron chi connectivity index (χ1n) is 3.52. The Morgan fingerprint density at radius 3 is 2.50 bits per heavy atom. The molecular formula is C7H13Cl2N3. The molecule has 3 nitrogen and oxygen atoms in total. The fraction of sp³-hybridized carbons (Fsp3) is 0.571. The highest BCUT2D eigenvalue weighted by Crippen LogP contribution is 2.38. The van der Waals surface area contributed by atoms with Gasteiger partial charge in [0, 0.05) is 30.9 Å². The molecule has 0 unspecified atom stereocenters. The fourth-order valence-electron chi connectivity index (χ4n) is 1.30. The monoisotopic (exact) mass is 209 g/mol. The van der Waals surface area contributed by atoms with Crippen LogP contribution in [0.15, 0.2) is 12.3 Å². The molecule has 0 aromatic carbocycles. The van der Waals surface area contributed by atoms with Crippen LogP contribution < -0.4 is 5.73 Å². The predicted molar refractivity (Wildman–Crippen MR) is 53.0 cm³/mol. The average molecular weight is 210 g/mol. The molecular weight excluding hydrogens is 197 g/mol. The second-order valence-corrected chi connectivity index (χ2v) is 2.89. The molecule has 2 rings (SSSR count). The summed E-state index contributed by atoms with van der Waals surface area (Å²) >= 11 is 0. The van der Waals surface area contributed by atoms with E-state index in [4.69, 9.17) is 5.73 Å². The maximum absolute atomic E-state index is 5.69. The third kappa shape index (κ3) is 1.91. The molecule has 1 aliphatic carbocycles. The Bertz CT molecular complexity index is 249. The van der Waals surface area contributed by atoms with Crippen LogP contribution in [0.5, 0.6) is 0 Å². The Balaban J connectivity index is 0.000000605. The number of hydrogen-bond donors (Lipinski definition) is 1. The summed E-state index contributed by atoms with van der Waals surface area (Å²) in [6.45, 7) is 0. The zero-order valence-corrected chi connectivity index (χ0v) is 8.44. The molecule has 1 aromatic heterocycles. The maximum atomic E-state index is 5.69. The van der Waals surface area contributed by atoms with Crippen LogP contribution in [0.25, 0.3) is 0 Å². The predicted octanol–water partition coefficient (Wildman–Crippen LogP) is 1.08. The molecule has 1 fully saturated rings. The van der Waals surface area contributed by atoms with Gasteiger partial charge in [-0.3, -0.25) is 4.68 Å². The highest BCUT2D eigenvalue weighted by molar-refractivity contribution is 5.85. The molecule has 2 N–H and O–H groups in total. The molecule has 0 saturated heterocycles. The number of halogens is 2. The van der Waals surface area contributed by atoms with Gasteiger partial charge in [-0.1, -0.05) is 0 Å². The molecule has 12 heavy (non-hydrogen) atoms. The van der Waals surface area contributed by atoms with Gasteiger partial charge >= 0.3 is 0 Å². The highest BCUT2D eigenvalue weighted by atomic mass is 35.5. The minimum atomic E-state index is 0. The van der Waals surface area contributed by atoms with E-state index < -0.39 is 0 Å². The van der Waals surface area contributed by atoms with Crippen LogP contribution in [0.2, 0.25) is 0 Å². The van der Waals surface area contributed by atoms with Crippen LogP contribution in [-0.4, -0.2) is 15.8 Å². The van der Waals surface area contributed by atoms with Crippen molar-refractivity contribution in [3.63, 3.8) is 0 Å². The van der Waals surface area contributed by atoms with Crippen molar-refractivity contribution in [3.05, 3.63) is 18.0 Å². The van der Waals surface area contributed by atoms with Gasteiger partial charge in [0.05, 0.1) is 0 Å². The summed E-state index contributed by atoms with van der Waals surface area (Å²) in [7, 11) is 1.96. The molecule has 2 atom stereocenters. The lowest BCUT2D eigenvalue weighted by atomic mass is 10.3. The molecule has 1 aromatic rings. The van der Waals surface area contributed by atoms with Crippen molar-refractivity contribution < 1.29 is 0 Å². The lowest BCUT2D eigenvalue weighted by Crippen LogP contribution is -2.04. The van der Waals surface area contributed by atoms with Crippen molar-refractivity contribution in [2.75, 3.05) is 0 Å². The van der Waals surface area contributed by atoms with Crippen LogP contribution in [0.3, 0.4) is 0 Å². The first-order chi connectivity index (χ1) is 4.79. The third-order valence-corrected chi connectivity index (χ3v) is 2.08. The number of nitrogens with two attached hydrogens (primary N) is 1. The van der Waals surface area contributed by atoms with Gasteiger partial charge in [-0.2, -0.15) is 5.10 Å². The van der Waals surface area contributed by atoms with Crippen molar-refractivity contribution in [3.8, 4) is 0 Å². The SMILES string of the molecule is Cl.Cl.Cn1nccc1[C@@H]1C[C@H]1N. The topological polar surface area (TPSA) is 43.8 Å². The van der Waals surface area contributed by atoms with E-state index in [1.165, 1.54) is 5.69 Å². The number of rotatable bonds is 1. The molecule has 0 aliphatic heterocycles. The van der Waals surface area contributed by atoms with Crippen LogP contribution >= 0.6 is 24.8 Å². The standard InChI is InChI=1S/C7H11N3.2ClH/c1-10-7(2-3-9-10)5-4-6(5)8;;/h2-3,5-6H,4,8H2,1H3;2*1H/t5-,6-;;/m1../s1. The van der Waals surface area contributed by atoms with Crippen LogP contribution in [0.1, 0.15) is 18.0 Å². The Labute approximate surface area is 84.1 Å². The summed E-state index contributed by atoms with van der Waals surface area (Å²) in [6.07, 6.45) is 2.94. The van der Waals surface area contributed by atoms with Gasteiger partial charge in [-0.25, -0.2) is 0 Å². The second kappa shape index (κ2) is 4.12. The van der Waals surface area contributed by atoms with Gasteiger partial charge < -0.3 is 5.73 Å². The molecule has 5 heteroatoms. The van der Waals surface area contributed by atoms with Gasteiger partial charge in [0.1, 0.15) is 0 Å². The van der Waals surface area contributed by atoms with Gasteiger partial charge in [0.2, 0.25) is 0 Å². The van der Waals surface area contributed by atoms with Crippen molar-refractivity contribution in [2.24, 2.45) is 12.8 Å². The van der Waals surface area contributed by atoms with E-state index >= 15 is 0 Å². The second-order valence-electron chi connectivity index (χ2n) is 2.89. The van der Waals surface area contributed by atoms with Crippen LogP contribution in [0.4, 0.5) is 0 Å². The summed E-state index contributed by atoms with van der Waals surface area (Å²) in [5.41, 5.74) is 6.96. The summed E-state index contributed by atoms with van der Waals surface area (Å²) in [4.78, 5) is 0. The number of aromatic nitrogens is 2. The van der Waals surface area contributed by atoms with Crippen molar-refractivity contribution in [1.82, 2.24) is 9.78 Å². The number of nitrogens with zero attached hydrogens (tertiary/aromatic N) is 2. The molecule has 0 bridgehead atoms. The maximum Gasteiger partial charge on any atom is 0.0492 e. The van der Waals surface area contributed by atoms with Crippen molar-refractivity contribution >= 4 is 24.8 Å². The lowest BCUT2D eigenvalue weighted by Gasteiger charge is -1.96. The van der Waals surface area contributed by atoms with Gasteiger partial charge in [-0.15, -0.1) is 24.8 Å². The minimum absolute atomic E-state index is 0. The van der Waals surface area contributed by atoms with E-state index in [0.717, 1.165) is 6.42 Å². The zero-order valence-electron chi connectivity index (χ0n) is 6.80. The molecule has 0 radical (unpaired) electrons.